The summed E-state index contributed by atoms with van der Waals surface area (Å²) in [6, 6.07) is 20.2. The predicted octanol–water partition coefficient (Wildman–Crippen LogP) is 4.53. The second-order valence-corrected chi connectivity index (χ2v) is 10.3. The fourth-order valence-electron chi connectivity index (χ4n) is 5.43. The smallest absolute Gasteiger partial charge is 0.407 e. The summed E-state index contributed by atoms with van der Waals surface area (Å²) in [4.78, 5) is 38.2. The zero-order valence-electron chi connectivity index (χ0n) is 23.6. The van der Waals surface area contributed by atoms with E-state index in [4.69, 9.17) is 9.72 Å². The van der Waals surface area contributed by atoms with Gasteiger partial charge in [0.25, 0.3) is 5.91 Å². The highest BCUT2D eigenvalue weighted by Crippen LogP contribution is 2.31. The van der Waals surface area contributed by atoms with Crippen molar-refractivity contribution in [1.82, 2.24) is 24.6 Å². The Morgan fingerprint density at radius 1 is 1.09 bits per heavy atom. The number of aromatic nitrogens is 4. The minimum absolute atomic E-state index is 0.0364. The Morgan fingerprint density at radius 2 is 1.93 bits per heavy atom. The first-order valence-corrected chi connectivity index (χ1v) is 13.7. The molecule has 5 aromatic rings. The number of benzene rings is 3. The van der Waals surface area contributed by atoms with Gasteiger partial charge in [0.1, 0.15) is 17.3 Å². The number of fused-ring (bicyclic) bond motifs is 2. The number of amides is 2. The minimum Gasteiger partial charge on any atom is -0.497 e. The van der Waals surface area contributed by atoms with Crippen LogP contribution in [0.4, 0.5) is 16.3 Å². The molecular formula is C31H28N8O4. The summed E-state index contributed by atoms with van der Waals surface area (Å²) in [5, 5.41) is 29.0. The highest BCUT2D eigenvalue weighted by molar-refractivity contribution is 6.09. The molecule has 0 radical (unpaired) electrons. The third-order valence-electron chi connectivity index (χ3n) is 7.65. The summed E-state index contributed by atoms with van der Waals surface area (Å²) < 4.78 is 7.23. The maximum atomic E-state index is 13.8. The summed E-state index contributed by atoms with van der Waals surface area (Å²) in [7, 11) is 3.43. The minimum atomic E-state index is -1.07. The van der Waals surface area contributed by atoms with E-state index in [0.717, 1.165) is 21.7 Å². The molecule has 0 aliphatic carbocycles. The molecule has 2 amide bonds. The number of rotatable bonds is 6. The van der Waals surface area contributed by atoms with Crippen molar-refractivity contribution in [2.75, 3.05) is 37.0 Å². The molecule has 0 saturated carbocycles. The van der Waals surface area contributed by atoms with Gasteiger partial charge in [-0.05, 0) is 29.7 Å². The standard InChI is InChI=1S/C31H28N8O4/c1-37-27-8-7-20(13-21(27)17-33-37)29-34-26(16-28(36-29)38-11-12-39(31(41)42)22(18-38)9-10-32)30(40)35-25-15-23(43-2)14-19-5-3-4-6-24(19)25/h3-8,13-17,22H,9,11-12,18H2,1-2H3,(H,35,40)(H,41,42)/t22-/m0/s1. The molecular weight excluding hydrogens is 548 g/mol. The van der Waals surface area contributed by atoms with Crippen molar-refractivity contribution in [1.29, 1.82) is 5.26 Å². The number of carbonyl (C=O) groups excluding carboxylic acids is 1. The topological polar surface area (TPSA) is 150 Å². The second kappa shape index (κ2) is 11.3. The van der Waals surface area contributed by atoms with Crippen LogP contribution in [0.25, 0.3) is 33.1 Å². The quantitative estimate of drug-likeness (QED) is 0.297. The van der Waals surface area contributed by atoms with E-state index in [1.54, 1.807) is 30.1 Å². The van der Waals surface area contributed by atoms with E-state index in [9.17, 15) is 20.0 Å². The van der Waals surface area contributed by atoms with Crippen LogP contribution >= 0.6 is 0 Å². The van der Waals surface area contributed by atoms with Crippen LogP contribution in [-0.4, -0.2) is 74.5 Å². The van der Waals surface area contributed by atoms with Gasteiger partial charge in [0.15, 0.2) is 5.82 Å². The molecule has 43 heavy (non-hydrogen) atoms. The van der Waals surface area contributed by atoms with Crippen LogP contribution in [0.3, 0.4) is 0 Å². The lowest BCUT2D eigenvalue weighted by atomic mass is 10.1. The fraction of sp³-hybridized carbons (Fsp3) is 0.226. The molecule has 2 N–H and O–H groups in total. The first-order chi connectivity index (χ1) is 20.8. The molecule has 1 saturated heterocycles. The van der Waals surface area contributed by atoms with Gasteiger partial charge in [-0.25, -0.2) is 14.8 Å². The second-order valence-electron chi connectivity index (χ2n) is 10.3. The molecule has 216 valence electrons. The molecule has 2 aromatic heterocycles. The van der Waals surface area contributed by atoms with Crippen LogP contribution in [-0.2, 0) is 7.05 Å². The Bertz CT molecular complexity index is 1910. The number of nitriles is 1. The number of ether oxygens (including phenoxy) is 1. The maximum absolute atomic E-state index is 13.8. The predicted molar refractivity (Wildman–Crippen MR) is 161 cm³/mol. The van der Waals surface area contributed by atoms with Gasteiger partial charge in [0.05, 0.1) is 43.0 Å². The number of anilines is 2. The van der Waals surface area contributed by atoms with Gasteiger partial charge < -0.3 is 25.0 Å². The average molecular weight is 577 g/mol. The first-order valence-electron chi connectivity index (χ1n) is 13.7. The van der Waals surface area contributed by atoms with Crippen LogP contribution in [0.15, 0.2) is 66.9 Å². The number of methoxy groups -OCH3 is 1. The Kier molecular flexibility index (Phi) is 7.21. The molecule has 0 bridgehead atoms. The lowest BCUT2D eigenvalue weighted by molar-refractivity contribution is 0.102. The van der Waals surface area contributed by atoms with Crippen LogP contribution in [0.1, 0.15) is 16.9 Å². The number of nitrogens with one attached hydrogen (secondary N) is 1. The Hall–Kier alpha value is -5.70. The SMILES string of the molecule is COc1cc(NC(=O)c2cc(N3CCN(C(=O)O)[C@@H](CC#N)C3)nc(-c3ccc4c(cnn4C)c3)n2)c2ccccc2c1. The third kappa shape index (κ3) is 5.36. The summed E-state index contributed by atoms with van der Waals surface area (Å²) in [5.41, 5.74) is 2.34. The van der Waals surface area contributed by atoms with Gasteiger partial charge in [-0.3, -0.25) is 9.48 Å². The highest BCUT2D eigenvalue weighted by atomic mass is 16.5. The number of hydrogen-bond donors (Lipinski definition) is 2. The lowest BCUT2D eigenvalue weighted by Gasteiger charge is -2.39. The Balaban J connectivity index is 1.41. The Morgan fingerprint density at radius 3 is 2.72 bits per heavy atom. The van der Waals surface area contributed by atoms with Crippen molar-refractivity contribution in [2.45, 2.75) is 12.5 Å². The molecule has 6 rings (SSSR count). The van der Waals surface area contributed by atoms with Gasteiger partial charge >= 0.3 is 6.09 Å². The van der Waals surface area contributed by atoms with Gasteiger partial charge in [0, 0.05) is 55.2 Å². The summed E-state index contributed by atoms with van der Waals surface area (Å²) in [5.74, 6) is 0.956. The zero-order chi connectivity index (χ0) is 30.1. The van der Waals surface area contributed by atoms with Crippen molar-refractivity contribution in [3.8, 4) is 23.2 Å². The molecule has 0 unspecified atom stereocenters. The average Bonchev–Trinajstić information content (AvgIpc) is 3.40. The molecule has 1 fully saturated rings. The van der Waals surface area contributed by atoms with E-state index >= 15 is 0 Å². The molecule has 1 aliphatic rings. The molecule has 0 spiro atoms. The summed E-state index contributed by atoms with van der Waals surface area (Å²) in [6.45, 7) is 0.785. The zero-order valence-corrected chi connectivity index (χ0v) is 23.6. The van der Waals surface area contributed by atoms with E-state index in [-0.39, 0.29) is 25.2 Å². The molecule has 3 aromatic carbocycles. The molecule has 12 nitrogen and oxygen atoms in total. The molecule has 3 heterocycles. The van der Waals surface area contributed by atoms with Crippen LogP contribution in [0, 0.1) is 11.3 Å². The number of nitrogens with zero attached hydrogens (tertiary/aromatic N) is 7. The monoisotopic (exact) mass is 576 g/mol. The van der Waals surface area contributed by atoms with Gasteiger partial charge in [-0.15, -0.1) is 0 Å². The van der Waals surface area contributed by atoms with Crippen molar-refractivity contribution >= 4 is 45.2 Å². The number of carbonyl (C=O) groups is 2. The summed E-state index contributed by atoms with van der Waals surface area (Å²) in [6.07, 6.45) is 0.717. The van der Waals surface area contributed by atoms with Crippen LogP contribution in [0.2, 0.25) is 0 Å². The number of aryl methyl sites for hydroxylation is 1. The van der Waals surface area contributed by atoms with Crippen molar-refractivity contribution < 1.29 is 19.4 Å². The lowest BCUT2D eigenvalue weighted by Crippen LogP contribution is -2.55. The van der Waals surface area contributed by atoms with E-state index in [2.05, 4.69) is 21.5 Å². The van der Waals surface area contributed by atoms with Crippen molar-refractivity contribution in [3.63, 3.8) is 0 Å². The molecule has 12 heteroatoms. The van der Waals surface area contributed by atoms with Crippen molar-refractivity contribution in [3.05, 3.63) is 72.6 Å². The van der Waals surface area contributed by atoms with Gasteiger partial charge in [-0.2, -0.15) is 10.4 Å². The van der Waals surface area contributed by atoms with Gasteiger partial charge in [0.2, 0.25) is 0 Å². The summed E-state index contributed by atoms with van der Waals surface area (Å²) >= 11 is 0. The van der Waals surface area contributed by atoms with Crippen LogP contribution < -0.4 is 15.0 Å². The number of hydrogen-bond acceptors (Lipinski definition) is 8. The molecule has 1 atom stereocenters. The van der Waals surface area contributed by atoms with E-state index in [1.807, 2.05) is 60.5 Å². The van der Waals surface area contributed by atoms with E-state index in [0.29, 0.717) is 35.2 Å². The van der Waals surface area contributed by atoms with Crippen molar-refractivity contribution in [2.24, 2.45) is 7.05 Å². The van der Waals surface area contributed by atoms with Crippen LogP contribution in [0.5, 0.6) is 5.75 Å². The normalized spacial score (nSPS) is 15.0. The molecule has 1 aliphatic heterocycles. The van der Waals surface area contributed by atoms with E-state index < -0.39 is 18.0 Å². The first kappa shape index (κ1) is 27.5. The van der Waals surface area contributed by atoms with E-state index in [1.165, 1.54) is 4.90 Å². The van der Waals surface area contributed by atoms with Gasteiger partial charge in [-0.1, -0.05) is 24.3 Å². The third-order valence-corrected chi connectivity index (χ3v) is 7.65. The fourth-order valence-corrected chi connectivity index (χ4v) is 5.43. The number of carboxylic acid groups (broad SMARTS) is 1. The number of piperazine rings is 1. The largest absolute Gasteiger partial charge is 0.497 e. The Labute approximate surface area is 246 Å². The maximum Gasteiger partial charge on any atom is 0.407 e. The highest BCUT2D eigenvalue weighted by Gasteiger charge is 2.31.